The van der Waals surface area contributed by atoms with E-state index in [0.717, 1.165) is 12.8 Å². The molecular weight excluding hydrogens is 354 g/mol. The Morgan fingerprint density at radius 1 is 1.04 bits per heavy atom. The largest absolute Gasteiger partial charge is 0.354 e. The van der Waals surface area contributed by atoms with Gasteiger partial charge in [0.2, 0.25) is 5.91 Å². The number of amides is 3. The van der Waals surface area contributed by atoms with Crippen molar-refractivity contribution in [3.8, 4) is 0 Å². The van der Waals surface area contributed by atoms with E-state index in [1.807, 2.05) is 0 Å². The van der Waals surface area contributed by atoms with E-state index in [1.54, 1.807) is 24.3 Å². The monoisotopic (exact) mass is 385 g/mol. The summed E-state index contributed by atoms with van der Waals surface area (Å²) in [6, 6.07) is 6.87. The van der Waals surface area contributed by atoms with E-state index in [0.29, 0.717) is 30.5 Å². The molecule has 0 atom stereocenters. The molecular formula is C22H31N3O3. The first-order valence-electron chi connectivity index (χ1n) is 10.3. The molecule has 1 aromatic carbocycles. The second-order valence-corrected chi connectivity index (χ2v) is 8.22. The number of benzene rings is 1. The van der Waals surface area contributed by atoms with Crippen LogP contribution in [0.4, 0.5) is 0 Å². The Morgan fingerprint density at radius 3 is 2.14 bits per heavy atom. The molecule has 3 amide bonds. The quantitative estimate of drug-likeness (QED) is 0.579. The number of carbonyl (C=O) groups is 3. The summed E-state index contributed by atoms with van der Waals surface area (Å²) in [5.74, 6) is -0.529. The van der Waals surface area contributed by atoms with Crippen molar-refractivity contribution in [1.82, 2.24) is 15.1 Å². The number of imide groups is 1. The minimum atomic E-state index is -0.258. The molecule has 0 aromatic heterocycles. The van der Waals surface area contributed by atoms with Crippen LogP contribution in [0.1, 0.15) is 72.1 Å². The van der Waals surface area contributed by atoms with Crippen LogP contribution in [0.2, 0.25) is 0 Å². The molecule has 1 heterocycles. The number of carbonyl (C=O) groups excluding carboxylic acids is 3. The standard InChI is InChI=1S/C22H31N3O3/c1-24(2)22(13-7-3-4-8-14-22)16-23-19(26)12-9-15-25-20(27)17-10-5-6-11-18(17)21(25)28/h5-6,10-11H,3-4,7-9,12-16H2,1-2H3,(H,23,26). The Bertz CT molecular complexity index is 701. The number of hydrogen-bond acceptors (Lipinski definition) is 4. The highest BCUT2D eigenvalue weighted by atomic mass is 16.2. The number of rotatable bonds is 7. The molecule has 1 N–H and O–H groups in total. The van der Waals surface area contributed by atoms with Gasteiger partial charge in [0.25, 0.3) is 11.8 Å². The van der Waals surface area contributed by atoms with Crippen molar-refractivity contribution in [2.24, 2.45) is 0 Å². The molecule has 0 radical (unpaired) electrons. The summed E-state index contributed by atoms with van der Waals surface area (Å²) in [4.78, 5) is 40.6. The Labute approximate surface area is 167 Å². The van der Waals surface area contributed by atoms with Gasteiger partial charge in [-0.15, -0.1) is 0 Å². The van der Waals surface area contributed by atoms with Crippen LogP contribution in [0.25, 0.3) is 0 Å². The Morgan fingerprint density at radius 2 is 1.61 bits per heavy atom. The maximum Gasteiger partial charge on any atom is 0.261 e. The zero-order valence-corrected chi connectivity index (χ0v) is 17.0. The molecule has 28 heavy (non-hydrogen) atoms. The molecule has 1 aromatic rings. The molecule has 1 fully saturated rings. The molecule has 152 valence electrons. The van der Waals surface area contributed by atoms with Gasteiger partial charge in [-0.3, -0.25) is 19.3 Å². The van der Waals surface area contributed by atoms with E-state index in [9.17, 15) is 14.4 Å². The highest BCUT2D eigenvalue weighted by molar-refractivity contribution is 6.21. The van der Waals surface area contributed by atoms with Crippen LogP contribution >= 0.6 is 0 Å². The Balaban J connectivity index is 1.47. The predicted octanol–water partition coefficient (Wildman–Crippen LogP) is 2.83. The number of nitrogens with zero attached hydrogens (tertiary/aromatic N) is 2. The number of fused-ring (bicyclic) bond motifs is 1. The van der Waals surface area contributed by atoms with Crippen molar-refractivity contribution in [3.05, 3.63) is 35.4 Å². The third-order valence-electron chi connectivity index (χ3n) is 6.26. The minimum absolute atomic E-state index is 0.0120. The minimum Gasteiger partial charge on any atom is -0.354 e. The molecule has 0 bridgehead atoms. The van der Waals surface area contributed by atoms with Crippen LogP contribution in [0.15, 0.2) is 24.3 Å². The van der Waals surface area contributed by atoms with Gasteiger partial charge < -0.3 is 10.2 Å². The van der Waals surface area contributed by atoms with E-state index in [1.165, 1.54) is 30.6 Å². The molecule has 1 saturated carbocycles. The average Bonchev–Trinajstić information content (AvgIpc) is 2.86. The van der Waals surface area contributed by atoms with E-state index < -0.39 is 0 Å². The number of likely N-dealkylation sites (N-methyl/N-ethyl adjacent to an activating group) is 1. The van der Waals surface area contributed by atoms with Crippen LogP contribution in [0.5, 0.6) is 0 Å². The number of hydrogen-bond donors (Lipinski definition) is 1. The van der Waals surface area contributed by atoms with Gasteiger partial charge in [0.05, 0.1) is 11.1 Å². The summed E-state index contributed by atoms with van der Waals surface area (Å²) in [5.41, 5.74) is 0.950. The second kappa shape index (κ2) is 8.86. The van der Waals surface area contributed by atoms with Crippen molar-refractivity contribution >= 4 is 17.7 Å². The summed E-state index contributed by atoms with van der Waals surface area (Å²) < 4.78 is 0. The smallest absolute Gasteiger partial charge is 0.261 e. The Hall–Kier alpha value is -2.21. The average molecular weight is 386 g/mol. The van der Waals surface area contributed by atoms with Gasteiger partial charge in [0.15, 0.2) is 0 Å². The summed E-state index contributed by atoms with van der Waals surface area (Å²) in [5, 5.41) is 3.10. The summed E-state index contributed by atoms with van der Waals surface area (Å²) >= 11 is 0. The van der Waals surface area contributed by atoms with Gasteiger partial charge >= 0.3 is 0 Å². The molecule has 1 aliphatic carbocycles. The Kier molecular flexibility index (Phi) is 6.50. The van der Waals surface area contributed by atoms with E-state index in [4.69, 9.17) is 0 Å². The van der Waals surface area contributed by atoms with Gasteiger partial charge in [0.1, 0.15) is 0 Å². The molecule has 3 rings (SSSR count). The lowest BCUT2D eigenvalue weighted by atomic mass is 9.88. The SMILES string of the molecule is CN(C)C1(CNC(=O)CCCN2C(=O)c3ccccc3C2=O)CCCCCC1. The van der Waals surface area contributed by atoms with Crippen LogP contribution in [0.3, 0.4) is 0 Å². The summed E-state index contributed by atoms with van der Waals surface area (Å²) in [6.45, 7) is 0.935. The first-order valence-corrected chi connectivity index (χ1v) is 10.3. The third kappa shape index (κ3) is 4.27. The highest BCUT2D eigenvalue weighted by Crippen LogP contribution is 2.30. The zero-order chi connectivity index (χ0) is 20.1. The van der Waals surface area contributed by atoms with Gasteiger partial charge in [-0.05, 0) is 45.5 Å². The summed E-state index contributed by atoms with van der Waals surface area (Å²) in [6.07, 6.45) is 7.95. The van der Waals surface area contributed by atoms with Gasteiger partial charge in [-0.1, -0.05) is 37.8 Å². The maximum atomic E-state index is 12.4. The fourth-order valence-electron chi connectivity index (χ4n) is 4.36. The van der Waals surface area contributed by atoms with E-state index >= 15 is 0 Å². The normalized spacial score (nSPS) is 18.9. The third-order valence-corrected chi connectivity index (χ3v) is 6.26. The molecule has 0 spiro atoms. The fraction of sp³-hybridized carbons (Fsp3) is 0.591. The first-order chi connectivity index (χ1) is 13.4. The first kappa shape index (κ1) is 20.5. The fourth-order valence-corrected chi connectivity index (χ4v) is 4.36. The van der Waals surface area contributed by atoms with E-state index in [2.05, 4.69) is 24.3 Å². The molecule has 6 nitrogen and oxygen atoms in total. The second-order valence-electron chi connectivity index (χ2n) is 8.22. The van der Waals surface area contributed by atoms with Gasteiger partial charge in [-0.25, -0.2) is 0 Å². The van der Waals surface area contributed by atoms with Crippen molar-refractivity contribution < 1.29 is 14.4 Å². The number of nitrogens with one attached hydrogen (secondary N) is 1. The highest BCUT2D eigenvalue weighted by Gasteiger charge is 2.35. The predicted molar refractivity (Wildman–Crippen MR) is 108 cm³/mol. The van der Waals surface area contributed by atoms with E-state index in [-0.39, 0.29) is 29.8 Å². The maximum absolute atomic E-state index is 12.4. The molecule has 0 saturated heterocycles. The molecule has 2 aliphatic rings. The molecule has 1 aliphatic heterocycles. The van der Waals surface area contributed by atoms with Crippen molar-refractivity contribution in [1.29, 1.82) is 0 Å². The van der Waals surface area contributed by atoms with Crippen LogP contribution in [0, 0.1) is 0 Å². The van der Waals surface area contributed by atoms with Crippen LogP contribution in [-0.4, -0.2) is 60.2 Å². The lowest BCUT2D eigenvalue weighted by Gasteiger charge is -2.39. The van der Waals surface area contributed by atoms with Gasteiger partial charge in [0, 0.05) is 25.0 Å². The molecule has 0 unspecified atom stereocenters. The van der Waals surface area contributed by atoms with Gasteiger partial charge in [-0.2, -0.15) is 0 Å². The van der Waals surface area contributed by atoms with Crippen molar-refractivity contribution in [2.45, 2.75) is 56.9 Å². The molecule has 6 heteroatoms. The van der Waals surface area contributed by atoms with Crippen molar-refractivity contribution in [2.75, 3.05) is 27.2 Å². The lowest BCUT2D eigenvalue weighted by Crippen LogP contribution is -2.52. The van der Waals surface area contributed by atoms with Crippen molar-refractivity contribution in [3.63, 3.8) is 0 Å². The van der Waals surface area contributed by atoms with Crippen LogP contribution < -0.4 is 5.32 Å². The topological polar surface area (TPSA) is 69.7 Å². The summed E-state index contributed by atoms with van der Waals surface area (Å²) in [7, 11) is 4.19. The zero-order valence-electron chi connectivity index (χ0n) is 17.0. The lowest BCUT2D eigenvalue weighted by molar-refractivity contribution is -0.121. The van der Waals surface area contributed by atoms with Crippen LogP contribution in [-0.2, 0) is 4.79 Å².